The lowest BCUT2D eigenvalue weighted by atomic mass is 9.95. The molecule has 2 saturated heterocycles. The summed E-state index contributed by atoms with van der Waals surface area (Å²) in [7, 11) is 0. The van der Waals surface area contributed by atoms with Gasteiger partial charge in [-0.15, -0.1) is 0 Å². The predicted octanol–water partition coefficient (Wildman–Crippen LogP) is 1.49. The molecule has 1 N–H and O–H groups in total. The van der Waals surface area contributed by atoms with E-state index >= 15 is 0 Å². The Bertz CT molecular complexity index is 224. The Morgan fingerprint density at radius 1 is 1.44 bits per heavy atom. The van der Waals surface area contributed by atoms with Gasteiger partial charge in [-0.05, 0) is 39.5 Å². The van der Waals surface area contributed by atoms with Gasteiger partial charge in [0.2, 0.25) is 0 Å². The second-order valence-electron chi connectivity index (χ2n) is 6.13. The van der Waals surface area contributed by atoms with Gasteiger partial charge in [0.25, 0.3) is 0 Å². The van der Waals surface area contributed by atoms with Crippen LogP contribution in [0.4, 0.5) is 0 Å². The number of nitrogens with zero attached hydrogens (tertiary/aromatic N) is 1. The van der Waals surface area contributed by atoms with E-state index in [-0.39, 0.29) is 5.54 Å². The molecular formula is C13H26N2O. The molecule has 2 aliphatic heterocycles. The minimum absolute atomic E-state index is 0.266. The zero-order chi connectivity index (χ0) is 11.6. The molecule has 2 atom stereocenters. The predicted molar refractivity (Wildman–Crippen MR) is 66.7 cm³/mol. The summed E-state index contributed by atoms with van der Waals surface area (Å²) in [5.41, 5.74) is 0.266. The van der Waals surface area contributed by atoms with Crippen LogP contribution in [-0.2, 0) is 4.74 Å². The first kappa shape index (κ1) is 12.3. The van der Waals surface area contributed by atoms with E-state index in [1.165, 1.54) is 19.4 Å². The van der Waals surface area contributed by atoms with E-state index in [9.17, 15) is 0 Å². The summed E-state index contributed by atoms with van der Waals surface area (Å²) in [6, 6.07) is 0.662. The van der Waals surface area contributed by atoms with Crippen LogP contribution in [0.2, 0.25) is 0 Å². The number of nitrogens with one attached hydrogen (secondary N) is 1. The van der Waals surface area contributed by atoms with E-state index in [2.05, 4.69) is 31.0 Å². The molecule has 0 aliphatic carbocycles. The molecule has 0 aromatic heterocycles. The lowest BCUT2D eigenvalue weighted by Crippen LogP contribution is -2.61. The second kappa shape index (κ2) is 5.03. The minimum atomic E-state index is 0.266. The number of ether oxygens (including phenoxy) is 1. The third-order valence-corrected chi connectivity index (χ3v) is 3.85. The monoisotopic (exact) mass is 226 g/mol. The average molecular weight is 226 g/mol. The quantitative estimate of drug-likeness (QED) is 0.772. The highest BCUT2D eigenvalue weighted by Gasteiger charge is 2.31. The Labute approximate surface area is 99.5 Å². The summed E-state index contributed by atoms with van der Waals surface area (Å²) in [6.07, 6.45) is 2.59. The first-order chi connectivity index (χ1) is 7.57. The molecule has 0 radical (unpaired) electrons. The van der Waals surface area contributed by atoms with Gasteiger partial charge in [-0.25, -0.2) is 0 Å². The Balaban J connectivity index is 1.86. The van der Waals surface area contributed by atoms with E-state index in [0.29, 0.717) is 6.04 Å². The van der Waals surface area contributed by atoms with E-state index in [1.54, 1.807) is 0 Å². The third-order valence-electron chi connectivity index (χ3n) is 3.85. The minimum Gasteiger partial charge on any atom is -0.381 e. The van der Waals surface area contributed by atoms with Crippen molar-refractivity contribution in [2.75, 3.05) is 32.8 Å². The SMILES string of the molecule is CC1CNC(C)(C)CN1CC1CCCOC1. The van der Waals surface area contributed by atoms with Crippen LogP contribution in [0.3, 0.4) is 0 Å². The third kappa shape index (κ3) is 3.19. The Morgan fingerprint density at radius 3 is 2.94 bits per heavy atom. The molecule has 16 heavy (non-hydrogen) atoms. The number of piperazine rings is 1. The van der Waals surface area contributed by atoms with Crippen molar-refractivity contribution in [1.82, 2.24) is 10.2 Å². The molecule has 0 aromatic rings. The highest BCUT2D eigenvalue weighted by atomic mass is 16.5. The van der Waals surface area contributed by atoms with Gasteiger partial charge in [0.1, 0.15) is 0 Å². The van der Waals surface area contributed by atoms with Crippen molar-refractivity contribution >= 4 is 0 Å². The Kier molecular flexibility index (Phi) is 3.88. The van der Waals surface area contributed by atoms with Crippen molar-refractivity contribution < 1.29 is 4.74 Å². The first-order valence-electron chi connectivity index (χ1n) is 6.64. The van der Waals surface area contributed by atoms with Crippen LogP contribution in [0.15, 0.2) is 0 Å². The van der Waals surface area contributed by atoms with Gasteiger partial charge in [-0.1, -0.05) is 0 Å². The molecule has 0 aromatic carbocycles. The van der Waals surface area contributed by atoms with Gasteiger partial charge in [0.05, 0.1) is 6.61 Å². The molecule has 0 spiro atoms. The molecule has 0 bridgehead atoms. The van der Waals surface area contributed by atoms with Gasteiger partial charge < -0.3 is 10.1 Å². The van der Waals surface area contributed by atoms with Crippen LogP contribution in [0.5, 0.6) is 0 Å². The highest BCUT2D eigenvalue weighted by molar-refractivity contribution is 4.91. The van der Waals surface area contributed by atoms with Gasteiger partial charge in [-0.3, -0.25) is 4.90 Å². The van der Waals surface area contributed by atoms with Crippen LogP contribution in [0, 0.1) is 5.92 Å². The fraction of sp³-hybridized carbons (Fsp3) is 1.00. The topological polar surface area (TPSA) is 24.5 Å². The molecular weight excluding hydrogens is 200 g/mol. The molecule has 2 heterocycles. The molecule has 94 valence electrons. The Hall–Kier alpha value is -0.120. The van der Waals surface area contributed by atoms with Crippen LogP contribution in [0.1, 0.15) is 33.6 Å². The molecule has 2 rings (SSSR count). The summed E-state index contributed by atoms with van der Waals surface area (Å²) in [4.78, 5) is 2.63. The van der Waals surface area contributed by atoms with Gasteiger partial charge >= 0.3 is 0 Å². The molecule has 2 aliphatic rings. The van der Waals surface area contributed by atoms with Crippen LogP contribution in [0.25, 0.3) is 0 Å². The van der Waals surface area contributed by atoms with Crippen molar-refractivity contribution in [2.24, 2.45) is 5.92 Å². The standard InChI is InChI=1S/C13H26N2O/c1-11-7-14-13(2,3)10-15(11)8-12-5-4-6-16-9-12/h11-12,14H,4-10H2,1-3H3. The van der Waals surface area contributed by atoms with E-state index < -0.39 is 0 Å². The molecule has 2 unspecified atom stereocenters. The lowest BCUT2D eigenvalue weighted by Gasteiger charge is -2.45. The smallest absolute Gasteiger partial charge is 0.0506 e. The van der Waals surface area contributed by atoms with Crippen molar-refractivity contribution in [3.8, 4) is 0 Å². The fourth-order valence-electron chi connectivity index (χ4n) is 2.80. The number of hydrogen-bond acceptors (Lipinski definition) is 3. The van der Waals surface area contributed by atoms with Crippen LogP contribution >= 0.6 is 0 Å². The molecule has 3 heteroatoms. The maximum absolute atomic E-state index is 5.57. The van der Waals surface area contributed by atoms with Gasteiger partial charge in [0.15, 0.2) is 0 Å². The maximum Gasteiger partial charge on any atom is 0.0506 e. The lowest BCUT2D eigenvalue weighted by molar-refractivity contribution is 0.0171. The summed E-state index contributed by atoms with van der Waals surface area (Å²) in [6.45, 7) is 12.3. The van der Waals surface area contributed by atoms with Crippen LogP contribution < -0.4 is 5.32 Å². The molecule has 3 nitrogen and oxygen atoms in total. The van der Waals surface area contributed by atoms with Crippen molar-refractivity contribution in [3.05, 3.63) is 0 Å². The van der Waals surface area contributed by atoms with E-state index in [0.717, 1.165) is 32.2 Å². The zero-order valence-corrected chi connectivity index (χ0v) is 11.0. The van der Waals surface area contributed by atoms with Gasteiger partial charge in [-0.2, -0.15) is 0 Å². The average Bonchev–Trinajstić information content (AvgIpc) is 2.25. The van der Waals surface area contributed by atoms with Crippen molar-refractivity contribution in [3.63, 3.8) is 0 Å². The van der Waals surface area contributed by atoms with E-state index in [1.807, 2.05) is 0 Å². The van der Waals surface area contributed by atoms with E-state index in [4.69, 9.17) is 4.74 Å². The normalized spacial score (nSPS) is 36.2. The van der Waals surface area contributed by atoms with Gasteiger partial charge in [0, 0.05) is 37.8 Å². The van der Waals surface area contributed by atoms with Crippen molar-refractivity contribution in [2.45, 2.75) is 45.2 Å². The van der Waals surface area contributed by atoms with Crippen molar-refractivity contribution in [1.29, 1.82) is 0 Å². The summed E-state index contributed by atoms with van der Waals surface area (Å²) < 4.78 is 5.57. The zero-order valence-electron chi connectivity index (χ0n) is 11.0. The largest absolute Gasteiger partial charge is 0.381 e. The number of rotatable bonds is 2. The summed E-state index contributed by atoms with van der Waals surface area (Å²) in [5, 5.41) is 3.60. The fourth-order valence-corrected chi connectivity index (χ4v) is 2.80. The molecule has 2 fully saturated rings. The molecule has 0 saturated carbocycles. The molecule has 0 amide bonds. The maximum atomic E-state index is 5.57. The summed E-state index contributed by atoms with van der Waals surface area (Å²) in [5.74, 6) is 0.755. The van der Waals surface area contributed by atoms with Crippen LogP contribution in [-0.4, -0.2) is 49.3 Å². The second-order valence-corrected chi connectivity index (χ2v) is 6.13. The highest BCUT2D eigenvalue weighted by Crippen LogP contribution is 2.20. The Morgan fingerprint density at radius 2 is 2.25 bits per heavy atom. The number of hydrogen-bond donors (Lipinski definition) is 1. The first-order valence-corrected chi connectivity index (χ1v) is 6.64. The summed E-state index contributed by atoms with van der Waals surface area (Å²) >= 11 is 0.